The lowest BCUT2D eigenvalue weighted by Gasteiger charge is -2.32. The highest BCUT2D eigenvalue weighted by Gasteiger charge is 2.36. The SMILES string of the molecule is Cc1ccc2cc(C(O)C3(O)CCCCCC3)ccc2n1. The summed E-state index contributed by atoms with van der Waals surface area (Å²) in [5.74, 6) is 0. The van der Waals surface area contributed by atoms with Crippen molar-refractivity contribution in [2.75, 3.05) is 0 Å². The number of aryl methyl sites for hydroxylation is 1. The molecule has 1 heterocycles. The summed E-state index contributed by atoms with van der Waals surface area (Å²) in [6.07, 6.45) is 4.81. The highest BCUT2D eigenvalue weighted by atomic mass is 16.3. The molecule has 1 atom stereocenters. The summed E-state index contributed by atoms with van der Waals surface area (Å²) in [6, 6.07) is 9.77. The van der Waals surface area contributed by atoms with Crippen LogP contribution >= 0.6 is 0 Å². The van der Waals surface area contributed by atoms with Crippen LogP contribution in [0.4, 0.5) is 0 Å². The van der Waals surface area contributed by atoms with E-state index in [0.717, 1.165) is 47.8 Å². The molecule has 1 aromatic heterocycles. The topological polar surface area (TPSA) is 53.4 Å². The van der Waals surface area contributed by atoms with Gasteiger partial charge in [0.15, 0.2) is 0 Å². The molecule has 1 aliphatic carbocycles. The first kappa shape index (κ1) is 14.5. The van der Waals surface area contributed by atoms with Crippen molar-refractivity contribution in [1.29, 1.82) is 0 Å². The fourth-order valence-electron chi connectivity index (χ4n) is 3.34. The number of fused-ring (bicyclic) bond motifs is 1. The Morgan fingerprint density at radius 2 is 1.76 bits per heavy atom. The third kappa shape index (κ3) is 2.94. The van der Waals surface area contributed by atoms with E-state index in [4.69, 9.17) is 0 Å². The second-order valence-electron chi connectivity index (χ2n) is 6.33. The molecule has 1 saturated carbocycles. The molecule has 1 unspecified atom stereocenters. The van der Waals surface area contributed by atoms with Crippen LogP contribution in [0.5, 0.6) is 0 Å². The van der Waals surface area contributed by atoms with Crippen molar-refractivity contribution in [2.45, 2.75) is 57.2 Å². The molecule has 1 aromatic carbocycles. The molecule has 0 spiro atoms. The highest BCUT2D eigenvalue weighted by molar-refractivity contribution is 5.79. The van der Waals surface area contributed by atoms with E-state index in [2.05, 4.69) is 4.98 Å². The molecule has 3 nitrogen and oxygen atoms in total. The molecule has 0 aliphatic heterocycles. The minimum absolute atomic E-state index is 0.679. The Morgan fingerprint density at radius 1 is 1.05 bits per heavy atom. The van der Waals surface area contributed by atoms with Crippen LogP contribution < -0.4 is 0 Å². The molecular formula is C18H23NO2. The summed E-state index contributed by atoms with van der Waals surface area (Å²) in [5.41, 5.74) is 1.72. The molecule has 0 bridgehead atoms. The third-order valence-corrected chi connectivity index (χ3v) is 4.65. The van der Waals surface area contributed by atoms with E-state index in [1.54, 1.807) is 0 Å². The monoisotopic (exact) mass is 285 g/mol. The Labute approximate surface area is 125 Å². The van der Waals surface area contributed by atoms with Gasteiger partial charge >= 0.3 is 0 Å². The van der Waals surface area contributed by atoms with Crippen molar-refractivity contribution in [3.8, 4) is 0 Å². The first-order valence-corrected chi connectivity index (χ1v) is 7.86. The van der Waals surface area contributed by atoms with Gasteiger partial charge in [-0.25, -0.2) is 0 Å². The van der Waals surface area contributed by atoms with E-state index in [-0.39, 0.29) is 0 Å². The van der Waals surface area contributed by atoms with E-state index in [1.165, 1.54) is 0 Å². The lowest BCUT2D eigenvalue weighted by atomic mass is 9.84. The number of benzene rings is 1. The van der Waals surface area contributed by atoms with E-state index < -0.39 is 11.7 Å². The largest absolute Gasteiger partial charge is 0.387 e. The molecule has 3 rings (SSSR count). The maximum Gasteiger partial charge on any atom is 0.108 e. The maximum absolute atomic E-state index is 10.8. The zero-order valence-corrected chi connectivity index (χ0v) is 12.5. The van der Waals surface area contributed by atoms with Gasteiger partial charge in [-0.1, -0.05) is 37.8 Å². The Kier molecular flexibility index (Phi) is 3.96. The number of rotatable bonds is 2. The Morgan fingerprint density at radius 3 is 2.48 bits per heavy atom. The van der Waals surface area contributed by atoms with Crippen molar-refractivity contribution in [1.82, 2.24) is 4.98 Å². The summed E-state index contributed by atoms with van der Waals surface area (Å²) < 4.78 is 0. The van der Waals surface area contributed by atoms with Crippen LogP contribution in [0.25, 0.3) is 10.9 Å². The molecule has 1 aliphatic rings. The molecule has 2 N–H and O–H groups in total. The smallest absolute Gasteiger partial charge is 0.108 e. The fraction of sp³-hybridized carbons (Fsp3) is 0.500. The van der Waals surface area contributed by atoms with Gasteiger partial charge in [0.1, 0.15) is 6.10 Å². The van der Waals surface area contributed by atoms with E-state index in [9.17, 15) is 10.2 Å². The van der Waals surface area contributed by atoms with E-state index in [0.29, 0.717) is 12.8 Å². The number of aromatic nitrogens is 1. The minimum Gasteiger partial charge on any atom is -0.387 e. The predicted molar refractivity (Wildman–Crippen MR) is 84.1 cm³/mol. The van der Waals surface area contributed by atoms with Crippen molar-refractivity contribution < 1.29 is 10.2 Å². The van der Waals surface area contributed by atoms with Crippen molar-refractivity contribution >= 4 is 10.9 Å². The summed E-state index contributed by atoms with van der Waals surface area (Å²) in [5, 5.41) is 22.5. The van der Waals surface area contributed by atoms with Gasteiger partial charge in [0.2, 0.25) is 0 Å². The average molecular weight is 285 g/mol. The Bertz CT molecular complexity index is 630. The quantitative estimate of drug-likeness (QED) is 0.828. The molecule has 2 aromatic rings. The van der Waals surface area contributed by atoms with Gasteiger partial charge < -0.3 is 10.2 Å². The zero-order valence-electron chi connectivity index (χ0n) is 12.5. The standard InChI is InChI=1S/C18H23NO2/c1-13-6-7-14-12-15(8-9-16(14)19-13)17(20)18(21)10-4-2-3-5-11-18/h6-9,12,17,20-21H,2-5,10-11H2,1H3. The number of hydrogen-bond acceptors (Lipinski definition) is 3. The Hall–Kier alpha value is -1.45. The highest BCUT2D eigenvalue weighted by Crippen LogP contribution is 2.38. The normalized spacial score (nSPS) is 20.1. The second-order valence-corrected chi connectivity index (χ2v) is 6.33. The first-order chi connectivity index (χ1) is 10.1. The van der Waals surface area contributed by atoms with Crippen LogP contribution in [0.1, 0.15) is 55.9 Å². The van der Waals surface area contributed by atoms with Gasteiger partial charge in [0.25, 0.3) is 0 Å². The van der Waals surface area contributed by atoms with Gasteiger partial charge in [-0.05, 0) is 43.5 Å². The van der Waals surface area contributed by atoms with Crippen molar-refractivity contribution in [2.24, 2.45) is 0 Å². The van der Waals surface area contributed by atoms with Crippen LogP contribution in [-0.4, -0.2) is 20.8 Å². The molecule has 3 heteroatoms. The van der Waals surface area contributed by atoms with Gasteiger partial charge in [-0.3, -0.25) is 4.98 Å². The summed E-state index contributed by atoms with van der Waals surface area (Å²) in [7, 11) is 0. The number of nitrogens with zero attached hydrogens (tertiary/aromatic N) is 1. The minimum atomic E-state index is -0.984. The van der Waals surface area contributed by atoms with Crippen molar-refractivity contribution in [3.63, 3.8) is 0 Å². The van der Waals surface area contributed by atoms with Crippen LogP contribution in [0.3, 0.4) is 0 Å². The molecule has 21 heavy (non-hydrogen) atoms. The zero-order chi connectivity index (χ0) is 14.9. The number of hydrogen-bond donors (Lipinski definition) is 2. The molecular weight excluding hydrogens is 262 g/mol. The predicted octanol–water partition coefficient (Wildman–Crippen LogP) is 3.66. The average Bonchev–Trinajstić information content (AvgIpc) is 2.71. The van der Waals surface area contributed by atoms with Crippen LogP contribution in [0.2, 0.25) is 0 Å². The number of aliphatic hydroxyl groups is 2. The second kappa shape index (κ2) is 5.74. The van der Waals surface area contributed by atoms with Gasteiger partial charge in [-0.2, -0.15) is 0 Å². The van der Waals surface area contributed by atoms with Crippen LogP contribution in [0, 0.1) is 6.92 Å². The summed E-state index contributed by atoms with van der Waals surface area (Å²) >= 11 is 0. The number of pyridine rings is 1. The van der Waals surface area contributed by atoms with Gasteiger partial charge in [0.05, 0.1) is 11.1 Å². The molecule has 0 amide bonds. The molecule has 1 fully saturated rings. The lowest BCUT2D eigenvalue weighted by Crippen LogP contribution is -2.35. The maximum atomic E-state index is 10.8. The Balaban J connectivity index is 1.93. The lowest BCUT2D eigenvalue weighted by molar-refractivity contribution is -0.0866. The van der Waals surface area contributed by atoms with Crippen LogP contribution in [-0.2, 0) is 0 Å². The molecule has 0 radical (unpaired) electrons. The van der Waals surface area contributed by atoms with E-state index in [1.807, 2.05) is 37.3 Å². The number of aliphatic hydroxyl groups excluding tert-OH is 1. The fourth-order valence-corrected chi connectivity index (χ4v) is 3.34. The van der Waals surface area contributed by atoms with Gasteiger partial charge in [0, 0.05) is 11.1 Å². The molecule has 0 saturated heterocycles. The summed E-state index contributed by atoms with van der Waals surface area (Å²) in [4.78, 5) is 4.48. The molecule has 112 valence electrons. The summed E-state index contributed by atoms with van der Waals surface area (Å²) in [6.45, 7) is 1.97. The first-order valence-electron chi connectivity index (χ1n) is 7.86. The van der Waals surface area contributed by atoms with E-state index >= 15 is 0 Å². The van der Waals surface area contributed by atoms with Crippen LogP contribution in [0.15, 0.2) is 30.3 Å². The van der Waals surface area contributed by atoms with Crippen molar-refractivity contribution in [3.05, 3.63) is 41.6 Å². The van der Waals surface area contributed by atoms with Gasteiger partial charge in [-0.15, -0.1) is 0 Å². The third-order valence-electron chi connectivity index (χ3n) is 4.65.